The molecular weight excluding hydrogens is 404 g/mol. The van der Waals surface area contributed by atoms with E-state index >= 15 is 0 Å². The number of carbonyl (C=O) groups is 2. The van der Waals surface area contributed by atoms with Crippen LogP contribution in [-0.4, -0.2) is 54.4 Å². The molecule has 0 aliphatic carbocycles. The highest BCUT2D eigenvalue weighted by molar-refractivity contribution is 5.95. The number of carbonyl (C=O) groups excluding carboxylic acids is 2. The van der Waals surface area contributed by atoms with Gasteiger partial charge in [-0.15, -0.1) is 0 Å². The number of benzene rings is 1. The van der Waals surface area contributed by atoms with Crippen LogP contribution in [-0.2, 0) is 13.0 Å². The second-order valence-electron chi connectivity index (χ2n) is 8.73. The largest absolute Gasteiger partial charge is 0.348 e. The summed E-state index contributed by atoms with van der Waals surface area (Å²) in [6.07, 6.45) is 5.41. The highest BCUT2D eigenvalue weighted by atomic mass is 16.2. The fourth-order valence-corrected chi connectivity index (χ4v) is 4.87. The number of nitrogens with one attached hydrogen (secondary N) is 1. The predicted octanol–water partition coefficient (Wildman–Crippen LogP) is 2.71. The highest BCUT2D eigenvalue weighted by Crippen LogP contribution is 2.36. The molecule has 2 bridgehead atoms. The molecular formula is C24H26N6O2. The lowest BCUT2D eigenvalue weighted by atomic mass is 10.0. The number of fused-ring (bicyclic) bond motifs is 3. The van der Waals surface area contributed by atoms with Gasteiger partial charge in [-0.05, 0) is 32.8 Å². The molecule has 0 radical (unpaired) electrons. The van der Waals surface area contributed by atoms with Crippen molar-refractivity contribution >= 4 is 11.8 Å². The average molecular weight is 431 g/mol. The second-order valence-corrected chi connectivity index (χ2v) is 8.73. The quantitative estimate of drug-likeness (QED) is 0.687. The molecule has 0 saturated carbocycles. The first-order chi connectivity index (χ1) is 15.5. The third kappa shape index (κ3) is 3.55. The first kappa shape index (κ1) is 20.4. The molecule has 3 aromatic rings. The Balaban J connectivity index is 1.57. The highest BCUT2D eigenvalue weighted by Gasteiger charge is 2.42. The van der Waals surface area contributed by atoms with Gasteiger partial charge in [-0.25, -0.2) is 15.0 Å². The third-order valence-electron chi connectivity index (χ3n) is 6.22. The number of amides is 2. The Kier molecular flexibility index (Phi) is 5.20. The van der Waals surface area contributed by atoms with Crippen LogP contribution in [0.4, 0.5) is 0 Å². The van der Waals surface area contributed by atoms with E-state index in [4.69, 9.17) is 4.98 Å². The Morgan fingerprint density at radius 3 is 2.59 bits per heavy atom. The Bertz CT molecular complexity index is 1140. The number of nitrogens with zero attached hydrogens (tertiary/aromatic N) is 5. The number of hydrogen-bond acceptors (Lipinski definition) is 5. The predicted molar refractivity (Wildman–Crippen MR) is 119 cm³/mol. The molecule has 8 heteroatoms. The first-order valence-electron chi connectivity index (χ1n) is 11.1. The van der Waals surface area contributed by atoms with Crippen LogP contribution >= 0.6 is 0 Å². The number of imidazole rings is 1. The Morgan fingerprint density at radius 2 is 1.88 bits per heavy atom. The van der Waals surface area contributed by atoms with Gasteiger partial charge in [0.05, 0.1) is 11.7 Å². The summed E-state index contributed by atoms with van der Waals surface area (Å²) in [6, 6.07) is 11.6. The fourth-order valence-electron chi connectivity index (χ4n) is 4.87. The Hall–Kier alpha value is -3.55. The molecule has 0 unspecified atom stereocenters. The second kappa shape index (κ2) is 8.18. The maximum absolute atomic E-state index is 13.3. The van der Waals surface area contributed by atoms with Gasteiger partial charge in [0.15, 0.2) is 0 Å². The molecule has 1 aromatic carbocycles. The van der Waals surface area contributed by atoms with Crippen molar-refractivity contribution in [1.29, 1.82) is 0 Å². The van der Waals surface area contributed by atoms with E-state index in [-0.39, 0.29) is 29.9 Å². The van der Waals surface area contributed by atoms with Crippen molar-refractivity contribution in [2.24, 2.45) is 0 Å². The van der Waals surface area contributed by atoms with Gasteiger partial charge in [0.25, 0.3) is 11.8 Å². The summed E-state index contributed by atoms with van der Waals surface area (Å²) < 4.78 is 2.15. The topological polar surface area (TPSA) is 93.0 Å². The van der Waals surface area contributed by atoms with Crippen molar-refractivity contribution in [1.82, 2.24) is 29.7 Å². The summed E-state index contributed by atoms with van der Waals surface area (Å²) in [5, 5.41) is 2.99. The van der Waals surface area contributed by atoms with Crippen LogP contribution in [0.2, 0.25) is 0 Å². The zero-order chi connectivity index (χ0) is 22.2. The van der Waals surface area contributed by atoms with Gasteiger partial charge in [0.2, 0.25) is 0 Å². The fraction of sp³-hybridized carbons (Fsp3) is 0.375. The van der Waals surface area contributed by atoms with Crippen molar-refractivity contribution < 1.29 is 9.59 Å². The summed E-state index contributed by atoms with van der Waals surface area (Å²) in [5.74, 6) is 0.530. The first-order valence-corrected chi connectivity index (χ1v) is 11.1. The average Bonchev–Trinajstić information content (AvgIpc) is 3.30. The van der Waals surface area contributed by atoms with Crippen molar-refractivity contribution in [2.45, 2.75) is 57.8 Å². The molecule has 164 valence electrons. The molecule has 1 N–H and O–H groups in total. The summed E-state index contributed by atoms with van der Waals surface area (Å²) in [6.45, 7) is 4.48. The molecule has 0 spiro atoms. The zero-order valence-corrected chi connectivity index (χ0v) is 18.2. The van der Waals surface area contributed by atoms with Crippen molar-refractivity contribution in [3.8, 4) is 11.4 Å². The van der Waals surface area contributed by atoms with Gasteiger partial charge in [-0.2, -0.15) is 0 Å². The van der Waals surface area contributed by atoms with Crippen LogP contribution in [0.5, 0.6) is 0 Å². The molecule has 1 saturated heterocycles. The minimum absolute atomic E-state index is 0.00892. The normalized spacial score (nSPS) is 19.5. The van der Waals surface area contributed by atoms with E-state index in [9.17, 15) is 9.59 Å². The standard InChI is InChI=1S/C24H26N6O2/c1-15(2)27-23(31)21-20-12-17-8-9-18(30(17)24(32)19-10-11-25-14-26-19)13-29(20)22(28-21)16-6-4-3-5-7-16/h3-7,10-11,14-15,17-18H,8-9,12-13H2,1-2H3,(H,27,31)/t17-,18+/m0/s1. The van der Waals surface area contributed by atoms with Crippen molar-refractivity contribution in [3.63, 3.8) is 0 Å². The summed E-state index contributed by atoms with van der Waals surface area (Å²) in [4.78, 5) is 41.3. The van der Waals surface area contributed by atoms with Crippen molar-refractivity contribution in [3.05, 3.63) is 66.0 Å². The van der Waals surface area contributed by atoms with E-state index in [0.717, 1.165) is 29.9 Å². The lowest BCUT2D eigenvalue weighted by molar-refractivity contribution is 0.0659. The monoisotopic (exact) mass is 430 g/mol. The summed E-state index contributed by atoms with van der Waals surface area (Å²) in [5.41, 5.74) is 2.72. The SMILES string of the molecule is CC(C)NC(=O)c1nc(-c2ccccc2)n2c1C[C@@H]1CC[C@H](C2)N1C(=O)c1ccncn1. The third-order valence-corrected chi connectivity index (χ3v) is 6.22. The molecule has 4 heterocycles. The van der Waals surface area contributed by atoms with E-state index in [0.29, 0.717) is 24.4 Å². The minimum Gasteiger partial charge on any atom is -0.348 e. The van der Waals surface area contributed by atoms with Gasteiger partial charge in [-0.3, -0.25) is 9.59 Å². The molecule has 8 nitrogen and oxygen atoms in total. The molecule has 1 fully saturated rings. The minimum atomic E-state index is -0.169. The van der Waals surface area contributed by atoms with Crippen LogP contribution in [0.1, 0.15) is 53.4 Å². The number of hydrogen-bond donors (Lipinski definition) is 1. The van der Waals surface area contributed by atoms with Gasteiger partial charge >= 0.3 is 0 Å². The zero-order valence-electron chi connectivity index (χ0n) is 18.2. The van der Waals surface area contributed by atoms with E-state index in [2.05, 4.69) is 19.9 Å². The molecule has 32 heavy (non-hydrogen) atoms. The molecule has 5 rings (SSSR count). The van der Waals surface area contributed by atoms with E-state index in [1.165, 1.54) is 6.33 Å². The van der Waals surface area contributed by atoms with E-state index in [1.807, 2.05) is 49.1 Å². The maximum Gasteiger partial charge on any atom is 0.273 e. The molecule has 2 atom stereocenters. The van der Waals surface area contributed by atoms with Gasteiger partial charge < -0.3 is 14.8 Å². The molecule has 2 aromatic heterocycles. The smallest absolute Gasteiger partial charge is 0.273 e. The lowest BCUT2D eigenvalue weighted by Crippen LogP contribution is -2.42. The van der Waals surface area contributed by atoms with Crippen LogP contribution in [0.15, 0.2) is 48.9 Å². The molecule has 2 aliphatic rings. The maximum atomic E-state index is 13.3. The van der Waals surface area contributed by atoms with Gasteiger partial charge in [0.1, 0.15) is 23.5 Å². The molecule has 2 amide bonds. The van der Waals surface area contributed by atoms with Gasteiger partial charge in [0, 0.05) is 36.8 Å². The van der Waals surface area contributed by atoms with Crippen LogP contribution in [0.25, 0.3) is 11.4 Å². The van der Waals surface area contributed by atoms with Crippen LogP contribution < -0.4 is 5.32 Å². The van der Waals surface area contributed by atoms with Crippen molar-refractivity contribution in [2.75, 3.05) is 0 Å². The van der Waals surface area contributed by atoms with E-state index in [1.54, 1.807) is 12.3 Å². The van der Waals surface area contributed by atoms with E-state index < -0.39 is 0 Å². The lowest BCUT2D eigenvalue weighted by Gasteiger charge is -2.27. The number of aromatic nitrogens is 4. The molecule has 2 aliphatic heterocycles. The number of rotatable bonds is 4. The summed E-state index contributed by atoms with van der Waals surface area (Å²) >= 11 is 0. The van der Waals surface area contributed by atoms with Gasteiger partial charge in [-0.1, -0.05) is 30.3 Å². The summed E-state index contributed by atoms with van der Waals surface area (Å²) in [7, 11) is 0. The van der Waals surface area contributed by atoms with Crippen LogP contribution in [0.3, 0.4) is 0 Å². The Morgan fingerprint density at radius 1 is 1.09 bits per heavy atom. The Labute approximate surface area is 186 Å². The van der Waals surface area contributed by atoms with Crippen LogP contribution in [0, 0.1) is 0 Å².